The summed E-state index contributed by atoms with van der Waals surface area (Å²) in [5.74, 6) is 0.0444. The van der Waals surface area contributed by atoms with Gasteiger partial charge in [0.05, 0.1) is 0 Å². The van der Waals surface area contributed by atoms with E-state index in [0.29, 0.717) is 5.69 Å². The van der Waals surface area contributed by atoms with Crippen molar-refractivity contribution in [3.05, 3.63) is 29.6 Å². The topological polar surface area (TPSA) is 69.2 Å². The molecule has 0 radical (unpaired) electrons. The van der Waals surface area contributed by atoms with E-state index in [1.54, 1.807) is 6.20 Å². The Morgan fingerprint density at radius 1 is 1.24 bits per heavy atom. The molecule has 21 heavy (non-hydrogen) atoms. The largest absolute Gasteiger partial charge is 0.382 e. The fraction of sp³-hybridized carbons (Fsp3) is 0.625. The maximum absolute atomic E-state index is 7.47. The number of hydrogen-bond acceptors (Lipinski definition) is 4. The van der Waals surface area contributed by atoms with Crippen LogP contribution in [0.4, 0.5) is 0 Å². The van der Waals surface area contributed by atoms with Crippen LogP contribution in [0, 0.1) is 5.41 Å². The van der Waals surface area contributed by atoms with E-state index >= 15 is 0 Å². The second kappa shape index (κ2) is 6.54. The first-order valence-corrected chi connectivity index (χ1v) is 7.98. The summed E-state index contributed by atoms with van der Waals surface area (Å²) in [6.45, 7) is 5.58. The molecule has 114 valence electrons. The molecule has 1 aliphatic carbocycles. The van der Waals surface area contributed by atoms with Gasteiger partial charge in [-0.05, 0) is 30.5 Å². The number of hydrogen-bond donors (Lipinski definition) is 2. The van der Waals surface area contributed by atoms with E-state index in [9.17, 15) is 0 Å². The number of amidine groups is 1. The Balaban J connectivity index is 1.53. The van der Waals surface area contributed by atoms with Gasteiger partial charge in [-0.2, -0.15) is 0 Å². The number of pyridine rings is 1. The lowest BCUT2D eigenvalue weighted by molar-refractivity contribution is 0.0937. The van der Waals surface area contributed by atoms with Crippen LogP contribution in [-0.4, -0.2) is 52.8 Å². The minimum atomic E-state index is 0.0444. The highest BCUT2D eigenvalue weighted by Crippen LogP contribution is 2.24. The molecule has 3 rings (SSSR count). The van der Waals surface area contributed by atoms with Gasteiger partial charge in [0.1, 0.15) is 11.5 Å². The third-order valence-corrected chi connectivity index (χ3v) is 4.75. The molecule has 1 aliphatic heterocycles. The van der Waals surface area contributed by atoms with E-state index in [2.05, 4.69) is 14.8 Å². The standard InChI is InChI=1S/C16H25N5/c17-16(18)15-11-13(5-6-19-15)12-20-7-9-21(10-8-20)14-3-1-2-4-14/h5-6,11,14H,1-4,7-10,12H2,(H3,17,18). The molecule has 0 atom stereocenters. The van der Waals surface area contributed by atoms with Crippen molar-refractivity contribution in [2.45, 2.75) is 38.3 Å². The summed E-state index contributed by atoms with van der Waals surface area (Å²) in [7, 11) is 0. The van der Waals surface area contributed by atoms with Gasteiger partial charge < -0.3 is 5.73 Å². The molecule has 1 saturated heterocycles. The maximum atomic E-state index is 7.47. The summed E-state index contributed by atoms with van der Waals surface area (Å²) in [5, 5.41) is 7.47. The average molecular weight is 287 g/mol. The lowest BCUT2D eigenvalue weighted by Crippen LogP contribution is -2.49. The first kappa shape index (κ1) is 14.5. The van der Waals surface area contributed by atoms with Crippen molar-refractivity contribution in [3.63, 3.8) is 0 Å². The zero-order valence-electron chi connectivity index (χ0n) is 12.6. The second-order valence-corrected chi connectivity index (χ2v) is 6.21. The summed E-state index contributed by atoms with van der Waals surface area (Å²) in [4.78, 5) is 9.29. The van der Waals surface area contributed by atoms with Gasteiger partial charge >= 0.3 is 0 Å². The second-order valence-electron chi connectivity index (χ2n) is 6.21. The van der Waals surface area contributed by atoms with Crippen molar-refractivity contribution in [1.29, 1.82) is 5.41 Å². The number of rotatable bonds is 4. The number of piperazine rings is 1. The maximum Gasteiger partial charge on any atom is 0.141 e. The molecule has 3 N–H and O–H groups in total. The summed E-state index contributed by atoms with van der Waals surface area (Å²) in [6.07, 6.45) is 7.37. The van der Waals surface area contributed by atoms with E-state index < -0.39 is 0 Å². The fourth-order valence-electron chi connectivity index (χ4n) is 3.53. The first-order valence-electron chi connectivity index (χ1n) is 7.98. The van der Waals surface area contributed by atoms with Crippen molar-refractivity contribution in [1.82, 2.24) is 14.8 Å². The van der Waals surface area contributed by atoms with Crippen LogP contribution < -0.4 is 5.73 Å². The predicted octanol–water partition coefficient (Wildman–Crippen LogP) is 1.43. The molecular weight excluding hydrogens is 262 g/mol. The summed E-state index contributed by atoms with van der Waals surface area (Å²) < 4.78 is 0. The molecule has 5 heteroatoms. The van der Waals surface area contributed by atoms with Gasteiger partial charge in [-0.3, -0.25) is 20.2 Å². The number of nitrogens with zero attached hydrogens (tertiary/aromatic N) is 3. The molecule has 5 nitrogen and oxygen atoms in total. The quantitative estimate of drug-likeness (QED) is 0.649. The minimum Gasteiger partial charge on any atom is -0.382 e. The Bertz CT molecular complexity index is 487. The molecular formula is C16H25N5. The molecule has 0 bridgehead atoms. The minimum absolute atomic E-state index is 0.0444. The highest BCUT2D eigenvalue weighted by Gasteiger charge is 2.25. The molecule has 0 aromatic carbocycles. The van der Waals surface area contributed by atoms with E-state index in [1.807, 2.05) is 12.1 Å². The van der Waals surface area contributed by atoms with Gasteiger partial charge in [-0.25, -0.2) is 0 Å². The molecule has 1 saturated carbocycles. The summed E-state index contributed by atoms with van der Waals surface area (Å²) in [5.41, 5.74) is 7.28. The SMILES string of the molecule is N=C(N)c1cc(CN2CCN(C3CCCC3)CC2)ccn1. The van der Waals surface area contributed by atoms with Gasteiger partial charge in [0.15, 0.2) is 0 Å². The van der Waals surface area contributed by atoms with Crippen LogP contribution in [0.5, 0.6) is 0 Å². The molecule has 0 unspecified atom stereocenters. The van der Waals surface area contributed by atoms with Crippen molar-refractivity contribution < 1.29 is 0 Å². The smallest absolute Gasteiger partial charge is 0.141 e. The van der Waals surface area contributed by atoms with Crippen LogP contribution in [0.25, 0.3) is 0 Å². The van der Waals surface area contributed by atoms with Crippen LogP contribution in [0.15, 0.2) is 18.3 Å². The van der Waals surface area contributed by atoms with Crippen molar-refractivity contribution in [2.75, 3.05) is 26.2 Å². The third-order valence-electron chi connectivity index (χ3n) is 4.75. The molecule has 2 fully saturated rings. The lowest BCUT2D eigenvalue weighted by Gasteiger charge is -2.38. The molecule has 0 amide bonds. The molecule has 1 aromatic rings. The van der Waals surface area contributed by atoms with E-state index in [0.717, 1.165) is 25.7 Å². The third kappa shape index (κ3) is 3.60. The van der Waals surface area contributed by atoms with Crippen molar-refractivity contribution >= 4 is 5.84 Å². The average Bonchev–Trinajstić information content (AvgIpc) is 3.02. The summed E-state index contributed by atoms with van der Waals surface area (Å²) in [6, 6.07) is 4.80. The predicted molar refractivity (Wildman–Crippen MR) is 84.4 cm³/mol. The van der Waals surface area contributed by atoms with Gasteiger partial charge in [0, 0.05) is 45.0 Å². The van der Waals surface area contributed by atoms with Crippen LogP contribution in [0.3, 0.4) is 0 Å². The van der Waals surface area contributed by atoms with Gasteiger partial charge in [0.2, 0.25) is 0 Å². The Labute approximate surface area is 126 Å². The molecule has 1 aromatic heterocycles. The Hall–Kier alpha value is -1.46. The highest BCUT2D eigenvalue weighted by atomic mass is 15.3. The van der Waals surface area contributed by atoms with Crippen LogP contribution in [-0.2, 0) is 6.54 Å². The zero-order chi connectivity index (χ0) is 14.7. The van der Waals surface area contributed by atoms with Gasteiger partial charge in [0.25, 0.3) is 0 Å². The highest BCUT2D eigenvalue weighted by molar-refractivity contribution is 5.93. The normalized spacial score (nSPS) is 21.7. The van der Waals surface area contributed by atoms with E-state index in [-0.39, 0.29) is 5.84 Å². The molecule has 2 heterocycles. The Kier molecular flexibility index (Phi) is 4.51. The van der Waals surface area contributed by atoms with Crippen molar-refractivity contribution in [3.8, 4) is 0 Å². The first-order chi connectivity index (χ1) is 10.2. The Morgan fingerprint density at radius 2 is 1.95 bits per heavy atom. The number of aromatic nitrogens is 1. The monoisotopic (exact) mass is 287 g/mol. The van der Waals surface area contributed by atoms with Gasteiger partial charge in [-0.15, -0.1) is 0 Å². The van der Waals surface area contributed by atoms with Crippen LogP contribution >= 0.6 is 0 Å². The fourth-order valence-corrected chi connectivity index (χ4v) is 3.53. The van der Waals surface area contributed by atoms with E-state index in [4.69, 9.17) is 11.1 Å². The number of nitrogens with one attached hydrogen (secondary N) is 1. The van der Waals surface area contributed by atoms with Crippen LogP contribution in [0.2, 0.25) is 0 Å². The van der Waals surface area contributed by atoms with Gasteiger partial charge in [-0.1, -0.05) is 12.8 Å². The summed E-state index contributed by atoms with van der Waals surface area (Å²) >= 11 is 0. The van der Waals surface area contributed by atoms with Crippen LogP contribution in [0.1, 0.15) is 36.9 Å². The lowest BCUT2D eigenvalue weighted by atomic mass is 10.1. The molecule has 0 spiro atoms. The Morgan fingerprint density at radius 3 is 2.62 bits per heavy atom. The number of nitrogens with two attached hydrogens (primary N) is 1. The van der Waals surface area contributed by atoms with E-state index in [1.165, 1.54) is 44.3 Å². The number of nitrogen functional groups attached to an aromatic ring is 1. The zero-order valence-corrected chi connectivity index (χ0v) is 12.6. The van der Waals surface area contributed by atoms with Crippen molar-refractivity contribution in [2.24, 2.45) is 5.73 Å². The molecule has 2 aliphatic rings.